The van der Waals surface area contributed by atoms with Crippen LogP contribution in [0.5, 0.6) is 0 Å². The van der Waals surface area contributed by atoms with Gasteiger partial charge in [0.15, 0.2) is 0 Å². The zero-order valence-electron chi connectivity index (χ0n) is 14.7. The van der Waals surface area contributed by atoms with Crippen LogP contribution in [0.25, 0.3) is 0 Å². The van der Waals surface area contributed by atoms with Crippen molar-refractivity contribution >= 4 is 29.3 Å². The number of hydrogen-bond acceptors (Lipinski definition) is 2. The van der Waals surface area contributed by atoms with Gasteiger partial charge < -0.3 is 0 Å². The second kappa shape index (κ2) is 6.65. The maximum atomic E-state index is 13.4. The Morgan fingerprint density at radius 1 is 1.00 bits per heavy atom. The van der Waals surface area contributed by atoms with Gasteiger partial charge in [-0.1, -0.05) is 0 Å². The van der Waals surface area contributed by atoms with Crippen molar-refractivity contribution in [3.05, 3.63) is 60.7 Å². The molecule has 2 aromatic carbocycles. The van der Waals surface area contributed by atoms with Gasteiger partial charge in [-0.2, -0.15) is 0 Å². The molecule has 0 unspecified atom stereocenters. The Morgan fingerprint density at radius 3 is 2.12 bits per heavy atom. The second-order valence-electron chi connectivity index (χ2n) is 7.32. The Balaban J connectivity index is 2.01. The first-order valence-corrected chi connectivity index (χ1v) is 11.5. The molecule has 0 heterocycles. The number of sulfone groups is 1. The third-order valence-corrected chi connectivity index (χ3v) is 10.8. The summed E-state index contributed by atoms with van der Waals surface area (Å²) in [5.41, 5.74) is -0.120. The van der Waals surface area contributed by atoms with Crippen LogP contribution < -0.4 is 4.46 Å². The van der Waals surface area contributed by atoms with Gasteiger partial charge in [0.1, 0.15) is 0 Å². The van der Waals surface area contributed by atoms with Crippen LogP contribution in [-0.2, 0) is 9.84 Å². The van der Waals surface area contributed by atoms with E-state index < -0.39 is 13.5 Å². The van der Waals surface area contributed by atoms with E-state index in [1.165, 1.54) is 0 Å². The molecule has 3 rings (SSSR count). The van der Waals surface area contributed by atoms with Crippen molar-refractivity contribution in [2.45, 2.75) is 35.7 Å². The minimum atomic E-state index is -3.42. The van der Waals surface area contributed by atoms with Gasteiger partial charge in [-0.25, -0.2) is 0 Å². The van der Waals surface area contributed by atoms with E-state index in [2.05, 4.69) is 32.6 Å². The van der Waals surface area contributed by atoms with Crippen LogP contribution in [0.3, 0.4) is 0 Å². The average molecular weight is 417 g/mol. The molecule has 1 saturated carbocycles. The molecular weight excluding hydrogens is 395 g/mol. The fourth-order valence-corrected chi connectivity index (χ4v) is 8.68. The summed E-state index contributed by atoms with van der Waals surface area (Å²) in [7, 11) is -3.42. The molecule has 0 saturated heterocycles. The molecule has 25 heavy (non-hydrogen) atoms. The van der Waals surface area contributed by atoms with Gasteiger partial charge in [0.05, 0.1) is 0 Å². The van der Waals surface area contributed by atoms with Crippen LogP contribution in [0.1, 0.15) is 27.2 Å². The van der Waals surface area contributed by atoms with E-state index in [1.807, 2.05) is 36.4 Å². The Hall–Kier alpha value is -1.53. The first kappa shape index (κ1) is 18.3. The molecule has 1 fully saturated rings. The second-order valence-corrected chi connectivity index (χ2v) is 13.1. The normalized spacial score (nSPS) is 22.8. The standard InChI is InChI=1S/C21H22O2SSe/c1-20(2,3)15-14-17-16-21(17,25-19-12-8-5-9-13-19)24(22,23)18-10-6-4-7-11-18/h4-13,17H,16H2,1-3H3/t17-,21+/m0/s1. The molecule has 0 radical (unpaired) electrons. The van der Waals surface area contributed by atoms with Gasteiger partial charge >= 0.3 is 157 Å². The van der Waals surface area contributed by atoms with E-state index in [4.69, 9.17) is 0 Å². The molecule has 130 valence electrons. The van der Waals surface area contributed by atoms with Crippen LogP contribution >= 0.6 is 0 Å². The molecule has 2 atom stereocenters. The predicted octanol–water partition coefficient (Wildman–Crippen LogP) is 3.26. The molecule has 1 aliphatic rings. The number of hydrogen-bond donors (Lipinski definition) is 0. The van der Waals surface area contributed by atoms with Crippen LogP contribution in [0, 0.1) is 23.2 Å². The summed E-state index contributed by atoms with van der Waals surface area (Å²) in [6.07, 6.45) is 0.627. The van der Waals surface area contributed by atoms with E-state index >= 15 is 0 Å². The van der Waals surface area contributed by atoms with Gasteiger partial charge in [0.2, 0.25) is 0 Å². The summed E-state index contributed by atoms with van der Waals surface area (Å²) in [5.74, 6) is 6.43. The van der Waals surface area contributed by atoms with E-state index in [0.717, 1.165) is 4.46 Å². The molecule has 2 nitrogen and oxygen atoms in total. The van der Waals surface area contributed by atoms with Gasteiger partial charge in [-0.05, 0) is 0 Å². The summed E-state index contributed by atoms with van der Waals surface area (Å²) in [4.78, 5) is 0.410. The van der Waals surface area contributed by atoms with E-state index in [-0.39, 0.29) is 26.3 Å². The van der Waals surface area contributed by atoms with Crippen molar-refractivity contribution in [1.29, 1.82) is 0 Å². The van der Waals surface area contributed by atoms with Crippen molar-refractivity contribution in [2.75, 3.05) is 0 Å². The van der Waals surface area contributed by atoms with Crippen molar-refractivity contribution in [3.63, 3.8) is 0 Å². The van der Waals surface area contributed by atoms with Crippen LogP contribution in [-0.4, -0.2) is 27.0 Å². The van der Waals surface area contributed by atoms with Gasteiger partial charge in [-0.15, -0.1) is 0 Å². The summed E-state index contributed by atoms with van der Waals surface area (Å²) in [6.45, 7) is 6.16. The van der Waals surface area contributed by atoms with Crippen molar-refractivity contribution in [2.24, 2.45) is 11.3 Å². The summed E-state index contributed by atoms with van der Waals surface area (Å²) >= 11 is -0.180. The molecule has 0 aliphatic heterocycles. The van der Waals surface area contributed by atoms with Crippen molar-refractivity contribution in [1.82, 2.24) is 0 Å². The van der Waals surface area contributed by atoms with E-state index in [0.29, 0.717) is 11.3 Å². The predicted molar refractivity (Wildman–Crippen MR) is 104 cm³/mol. The average Bonchev–Trinajstić information content (AvgIpc) is 3.29. The summed E-state index contributed by atoms with van der Waals surface area (Å²) in [6, 6.07) is 18.8. The first-order valence-electron chi connectivity index (χ1n) is 8.31. The SMILES string of the molecule is CC(C)(C)C#C[C@H]1C[C@]1([Se]c1ccccc1)S(=O)(=O)c1ccccc1. The van der Waals surface area contributed by atoms with Gasteiger partial charge in [0, 0.05) is 0 Å². The monoisotopic (exact) mass is 418 g/mol. The van der Waals surface area contributed by atoms with Crippen molar-refractivity contribution < 1.29 is 8.42 Å². The molecule has 2 aromatic rings. The molecule has 0 bridgehead atoms. The summed E-state index contributed by atoms with van der Waals surface area (Å²) in [5, 5.41) is 0. The Kier molecular flexibility index (Phi) is 4.86. The Bertz CT molecular complexity index is 903. The van der Waals surface area contributed by atoms with Gasteiger partial charge in [-0.3, -0.25) is 0 Å². The molecule has 4 heteroatoms. The quantitative estimate of drug-likeness (QED) is 0.565. The molecule has 0 N–H and O–H groups in total. The van der Waals surface area contributed by atoms with E-state index in [9.17, 15) is 8.42 Å². The fraction of sp³-hybridized carbons (Fsp3) is 0.333. The third kappa shape index (κ3) is 3.85. The molecule has 0 amide bonds. The third-order valence-electron chi connectivity index (χ3n) is 4.02. The molecule has 0 aromatic heterocycles. The number of benzene rings is 2. The van der Waals surface area contributed by atoms with Gasteiger partial charge in [0.25, 0.3) is 0 Å². The van der Waals surface area contributed by atoms with Crippen molar-refractivity contribution in [3.8, 4) is 11.8 Å². The molecular formula is C21H22O2SSe. The Labute approximate surface area is 157 Å². The Morgan fingerprint density at radius 2 is 1.56 bits per heavy atom. The number of rotatable bonds is 4. The van der Waals surface area contributed by atoms with Crippen LogP contribution in [0.4, 0.5) is 0 Å². The topological polar surface area (TPSA) is 34.1 Å². The van der Waals surface area contributed by atoms with Crippen LogP contribution in [0.2, 0.25) is 0 Å². The first-order chi connectivity index (χ1) is 11.7. The van der Waals surface area contributed by atoms with E-state index in [1.54, 1.807) is 24.3 Å². The fourth-order valence-electron chi connectivity index (χ4n) is 2.64. The molecule has 0 spiro atoms. The summed E-state index contributed by atoms with van der Waals surface area (Å²) < 4.78 is 27.2. The minimum absolute atomic E-state index is 0.0860. The zero-order valence-corrected chi connectivity index (χ0v) is 17.2. The van der Waals surface area contributed by atoms with Crippen LogP contribution in [0.15, 0.2) is 65.6 Å². The molecule has 1 aliphatic carbocycles. The zero-order chi connectivity index (χ0) is 18.1. The maximum absolute atomic E-state index is 13.4.